The van der Waals surface area contributed by atoms with Crippen LogP contribution in [0.1, 0.15) is 45.7 Å². The van der Waals surface area contributed by atoms with Crippen LogP contribution >= 0.6 is 0 Å². The van der Waals surface area contributed by atoms with E-state index in [1.807, 2.05) is 66.7 Å². The van der Waals surface area contributed by atoms with E-state index in [9.17, 15) is 4.79 Å². The number of benzene rings is 1. The van der Waals surface area contributed by atoms with E-state index in [-0.39, 0.29) is 0 Å². The maximum atomic E-state index is 11.5. The number of carbonyl (C=O) groups excluding carboxylic acids is 1. The van der Waals surface area contributed by atoms with Gasteiger partial charge >= 0.3 is 6.09 Å². The first-order valence-electron chi connectivity index (χ1n) is 6.35. The summed E-state index contributed by atoms with van der Waals surface area (Å²) in [6.07, 6.45) is -0.421. The second kappa shape index (κ2) is 7.04. The molecular formula is C15H25NO2. The fourth-order valence-corrected chi connectivity index (χ4v) is 1.24. The summed E-state index contributed by atoms with van der Waals surface area (Å²) in [5.41, 5.74) is 2.64. The van der Waals surface area contributed by atoms with Gasteiger partial charge in [-0.15, -0.1) is 0 Å². The number of amides is 1. The maximum Gasteiger partial charge on any atom is 0.412 e. The van der Waals surface area contributed by atoms with Gasteiger partial charge in [-0.2, -0.15) is 0 Å². The molecule has 0 fully saturated rings. The highest BCUT2D eigenvalue weighted by Gasteiger charge is 2.16. The second-order valence-electron chi connectivity index (χ2n) is 4.93. The monoisotopic (exact) mass is 251 g/mol. The van der Waals surface area contributed by atoms with Crippen molar-refractivity contribution >= 4 is 11.8 Å². The standard InChI is InChI=1S/C13H19NO2.C2H6/c1-9-6-7-11(8-10(9)2)14-12(15)16-13(3,4)5;1-2/h6-8H,1-5H3,(H,14,15);1-2H3. The van der Waals surface area contributed by atoms with E-state index >= 15 is 0 Å². The van der Waals surface area contributed by atoms with Crippen LogP contribution in [0.15, 0.2) is 18.2 Å². The van der Waals surface area contributed by atoms with Crippen LogP contribution in [0.2, 0.25) is 0 Å². The lowest BCUT2D eigenvalue weighted by Gasteiger charge is -2.19. The van der Waals surface area contributed by atoms with Crippen molar-refractivity contribution in [3.63, 3.8) is 0 Å². The zero-order valence-corrected chi connectivity index (χ0v) is 12.5. The number of aryl methyl sites for hydroxylation is 2. The molecule has 0 saturated heterocycles. The smallest absolute Gasteiger partial charge is 0.412 e. The van der Waals surface area contributed by atoms with Gasteiger partial charge in [0, 0.05) is 5.69 Å². The van der Waals surface area contributed by atoms with Gasteiger partial charge in [0.25, 0.3) is 0 Å². The number of hydrogen-bond donors (Lipinski definition) is 1. The van der Waals surface area contributed by atoms with Crippen molar-refractivity contribution in [1.82, 2.24) is 0 Å². The van der Waals surface area contributed by atoms with Crippen molar-refractivity contribution in [3.05, 3.63) is 29.3 Å². The normalized spacial score (nSPS) is 10.2. The average molecular weight is 251 g/mol. The minimum atomic E-state index is -0.468. The Bertz CT molecular complexity index is 392. The van der Waals surface area contributed by atoms with E-state index in [0.717, 1.165) is 11.3 Å². The van der Waals surface area contributed by atoms with Gasteiger partial charge < -0.3 is 4.74 Å². The van der Waals surface area contributed by atoms with Gasteiger partial charge in [0.05, 0.1) is 0 Å². The average Bonchev–Trinajstić information content (AvgIpc) is 2.24. The quantitative estimate of drug-likeness (QED) is 0.787. The van der Waals surface area contributed by atoms with E-state index in [0.29, 0.717) is 0 Å². The third kappa shape index (κ3) is 6.28. The van der Waals surface area contributed by atoms with Gasteiger partial charge in [-0.25, -0.2) is 4.79 Å². The summed E-state index contributed by atoms with van der Waals surface area (Å²) in [5.74, 6) is 0. The Kier molecular flexibility index (Phi) is 6.45. The number of rotatable bonds is 1. The lowest BCUT2D eigenvalue weighted by atomic mass is 10.1. The molecule has 0 heterocycles. The third-order valence-corrected chi connectivity index (χ3v) is 2.15. The van der Waals surface area contributed by atoms with E-state index < -0.39 is 11.7 Å². The Labute approximate surface area is 111 Å². The zero-order chi connectivity index (χ0) is 14.3. The van der Waals surface area contributed by atoms with Crippen LogP contribution in [0.25, 0.3) is 0 Å². The molecule has 3 heteroatoms. The van der Waals surface area contributed by atoms with E-state index in [2.05, 4.69) is 5.32 Å². The number of ether oxygens (including phenoxy) is 1. The summed E-state index contributed by atoms with van der Waals surface area (Å²) >= 11 is 0. The topological polar surface area (TPSA) is 38.3 Å². The van der Waals surface area contributed by atoms with Crippen molar-refractivity contribution in [3.8, 4) is 0 Å². The third-order valence-electron chi connectivity index (χ3n) is 2.15. The van der Waals surface area contributed by atoms with Crippen molar-refractivity contribution in [1.29, 1.82) is 0 Å². The molecule has 0 spiro atoms. The second-order valence-corrected chi connectivity index (χ2v) is 4.93. The van der Waals surface area contributed by atoms with E-state index in [1.54, 1.807) is 0 Å². The van der Waals surface area contributed by atoms with Gasteiger partial charge in [0.15, 0.2) is 0 Å². The highest BCUT2D eigenvalue weighted by molar-refractivity contribution is 5.85. The largest absolute Gasteiger partial charge is 0.444 e. The number of carbonyl (C=O) groups is 1. The highest BCUT2D eigenvalue weighted by Crippen LogP contribution is 2.15. The Balaban J connectivity index is 0.00000137. The molecule has 0 aromatic heterocycles. The number of hydrogen-bond acceptors (Lipinski definition) is 2. The van der Waals surface area contributed by atoms with Crippen LogP contribution in [0.4, 0.5) is 10.5 Å². The van der Waals surface area contributed by atoms with Crippen molar-refractivity contribution in [2.24, 2.45) is 0 Å². The minimum Gasteiger partial charge on any atom is -0.444 e. The predicted octanol–water partition coefficient (Wildman–Crippen LogP) is 4.68. The molecule has 0 aliphatic carbocycles. The van der Waals surface area contributed by atoms with Crippen LogP contribution in [0.3, 0.4) is 0 Å². The van der Waals surface area contributed by atoms with Gasteiger partial charge in [0.2, 0.25) is 0 Å². The molecule has 0 saturated carbocycles. The zero-order valence-electron chi connectivity index (χ0n) is 12.5. The predicted molar refractivity (Wildman–Crippen MR) is 77.1 cm³/mol. The summed E-state index contributed by atoms with van der Waals surface area (Å²) in [6.45, 7) is 13.6. The first kappa shape index (κ1) is 16.5. The Hall–Kier alpha value is -1.51. The summed E-state index contributed by atoms with van der Waals surface area (Å²) in [4.78, 5) is 11.5. The molecule has 0 atom stereocenters. The molecule has 0 radical (unpaired) electrons. The molecule has 1 aromatic rings. The molecule has 1 amide bonds. The molecule has 0 unspecified atom stereocenters. The molecule has 102 valence electrons. The Morgan fingerprint density at radius 1 is 1.11 bits per heavy atom. The van der Waals surface area contributed by atoms with E-state index in [1.165, 1.54) is 5.56 Å². The van der Waals surface area contributed by atoms with Crippen molar-refractivity contribution < 1.29 is 9.53 Å². The van der Waals surface area contributed by atoms with Crippen LogP contribution in [-0.4, -0.2) is 11.7 Å². The molecule has 1 rings (SSSR count). The summed E-state index contributed by atoms with van der Waals surface area (Å²) in [6, 6.07) is 5.77. The van der Waals surface area contributed by atoms with Gasteiger partial charge in [0.1, 0.15) is 5.60 Å². The molecule has 1 N–H and O–H groups in total. The van der Waals surface area contributed by atoms with Gasteiger partial charge in [-0.05, 0) is 57.9 Å². The summed E-state index contributed by atoms with van der Waals surface area (Å²) < 4.78 is 5.16. The lowest BCUT2D eigenvalue weighted by molar-refractivity contribution is 0.0636. The fraction of sp³-hybridized carbons (Fsp3) is 0.533. The van der Waals surface area contributed by atoms with Crippen molar-refractivity contribution in [2.75, 3.05) is 5.32 Å². The number of anilines is 1. The van der Waals surface area contributed by atoms with Crippen LogP contribution in [-0.2, 0) is 4.74 Å². The first-order valence-corrected chi connectivity index (χ1v) is 6.35. The number of nitrogens with one attached hydrogen (secondary N) is 1. The van der Waals surface area contributed by atoms with Gasteiger partial charge in [-0.1, -0.05) is 19.9 Å². The molecule has 1 aromatic carbocycles. The van der Waals surface area contributed by atoms with Crippen LogP contribution in [0, 0.1) is 13.8 Å². The Morgan fingerprint density at radius 2 is 1.67 bits per heavy atom. The fourth-order valence-electron chi connectivity index (χ4n) is 1.24. The lowest BCUT2D eigenvalue weighted by Crippen LogP contribution is -2.27. The van der Waals surface area contributed by atoms with E-state index in [4.69, 9.17) is 4.74 Å². The SMILES string of the molecule is CC.Cc1ccc(NC(=O)OC(C)(C)C)cc1C. The first-order chi connectivity index (χ1) is 8.28. The molecule has 0 bridgehead atoms. The molecule has 18 heavy (non-hydrogen) atoms. The summed E-state index contributed by atoms with van der Waals surface area (Å²) in [5, 5.41) is 2.71. The minimum absolute atomic E-state index is 0.421. The van der Waals surface area contributed by atoms with Crippen LogP contribution < -0.4 is 5.32 Å². The highest BCUT2D eigenvalue weighted by atomic mass is 16.6. The van der Waals surface area contributed by atoms with Crippen molar-refractivity contribution in [2.45, 2.75) is 54.1 Å². The maximum absolute atomic E-state index is 11.5. The molecule has 0 aliphatic rings. The van der Waals surface area contributed by atoms with Crippen LogP contribution in [0.5, 0.6) is 0 Å². The van der Waals surface area contributed by atoms with Gasteiger partial charge in [-0.3, -0.25) is 5.32 Å². The summed E-state index contributed by atoms with van der Waals surface area (Å²) in [7, 11) is 0. The Morgan fingerprint density at radius 3 is 2.11 bits per heavy atom. The molecule has 0 aliphatic heterocycles. The molecular weight excluding hydrogens is 226 g/mol. The molecule has 3 nitrogen and oxygen atoms in total.